The summed E-state index contributed by atoms with van der Waals surface area (Å²) in [6, 6.07) is 46.9. The highest BCUT2D eigenvalue weighted by atomic mass is 15.1. The molecule has 10 rings (SSSR count). The van der Waals surface area contributed by atoms with Crippen LogP contribution in [0.25, 0.3) is 102 Å². The van der Waals surface area contributed by atoms with Crippen LogP contribution in [0.1, 0.15) is 99.5 Å². The molecule has 0 radical (unpaired) electrons. The number of hydrogen-bond donors (Lipinski definition) is 4. The minimum atomic E-state index is 0.0743. The van der Waals surface area contributed by atoms with Crippen molar-refractivity contribution in [1.82, 2.24) is 34.9 Å². The van der Waals surface area contributed by atoms with E-state index in [1.54, 1.807) is 0 Å². The Hall–Kier alpha value is -7.91. The molecule has 4 aromatic carbocycles. The van der Waals surface area contributed by atoms with Crippen LogP contribution in [-0.2, 0) is 6.42 Å². The first kappa shape index (κ1) is 44.0. The number of aromatic amines is 2. The summed E-state index contributed by atoms with van der Waals surface area (Å²) in [5.74, 6) is 0.559. The van der Waals surface area contributed by atoms with E-state index in [0.717, 1.165) is 101 Å². The van der Waals surface area contributed by atoms with Gasteiger partial charge < -0.3 is 21.4 Å². The Bertz CT molecular complexity index is 3220. The van der Waals surface area contributed by atoms with Crippen molar-refractivity contribution < 1.29 is 0 Å². The first-order chi connectivity index (χ1) is 33.5. The van der Waals surface area contributed by atoms with Gasteiger partial charge in [-0.15, -0.1) is 0 Å². The fourth-order valence-electron chi connectivity index (χ4n) is 9.61. The average molecular weight is 892 g/mol. The number of hydrogen-bond acceptors (Lipinski definition) is 7. The van der Waals surface area contributed by atoms with Gasteiger partial charge in [-0.25, -0.2) is 9.97 Å². The third-order valence-corrected chi connectivity index (χ3v) is 13.0. The molecule has 2 aliphatic heterocycles. The van der Waals surface area contributed by atoms with Gasteiger partial charge in [0, 0.05) is 49.9 Å². The smallest absolute Gasteiger partial charge is 0.225 e. The molecule has 9 nitrogen and oxygen atoms in total. The molecule has 0 saturated heterocycles. The standard InChI is InChI=1S/C59H57N9/c1-2-3-4-5-6-7-8-9-10-13-18-39-23-25-42(26-24-39)55-49-35-31-45(62-49)53(40-19-14-11-15-20-40)47-33-37-51(64-47)56(43-27-29-44(30-28-43)57-66-58(60)68-59(61)67-57)52-38-34-48(65-52)54(41-21-16-12-17-22-41)46-32-36-50(55)63-46/h11-12,14-17,19-38,62,65H,2-10,13,18H2,1H3,(H4,60,61,66,67,68). The molecule has 0 atom stereocenters. The summed E-state index contributed by atoms with van der Waals surface area (Å²) in [5.41, 5.74) is 29.5. The molecule has 4 aromatic heterocycles. The summed E-state index contributed by atoms with van der Waals surface area (Å²) in [5, 5.41) is 0. The van der Waals surface area contributed by atoms with Gasteiger partial charge in [0.05, 0.1) is 22.8 Å². The van der Waals surface area contributed by atoms with Gasteiger partial charge in [0.15, 0.2) is 5.82 Å². The van der Waals surface area contributed by atoms with Gasteiger partial charge in [0.25, 0.3) is 0 Å². The molecule has 6 N–H and O–H groups in total. The lowest BCUT2D eigenvalue weighted by Crippen LogP contribution is -2.04. The van der Waals surface area contributed by atoms with Crippen LogP contribution in [0.4, 0.5) is 11.9 Å². The summed E-state index contributed by atoms with van der Waals surface area (Å²) < 4.78 is 0. The van der Waals surface area contributed by atoms with Gasteiger partial charge in [-0.1, -0.05) is 174 Å². The van der Waals surface area contributed by atoms with Crippen molar-refractivity contribution >= 4 is 58.3 Å². The number of nitrogens with one attached hydrogen (secondary N) is 2. The number of benzene rings is 4. The van der Waals surface area contributed by atoms with Gasteiger partial charge in [-0.05, 0) is 89.2 Å². The van der Waals surface area contributed by atoms with Crippen molar-refractivity contribution in [3.8, 4) is 55.9 Å². The van der Waals surface area contributed by atoms with Crippen molar-refractivity contribution in [1.29, 1.82) is 0 Å². The number of nitrogen functional groups attached to an aromatic ring is 2. The molecule has 0 saturated carbocycles. The first-order valence-electron chi connectivity index (χ1n) is 24.2. The molecule has 9 heteroatoms. The average Bonchev–Trinajstić information content (AvgIpc) is 4.22. The number of fused-ring (bicyclic) bond motifs is 8. The molecular formula is C59H57N9. The highest BCUT2D eigenvalue weighted by Gasteiger charge is 2.19. The monoisotopic (exact) mass is 891 g/mol. The van der Waals surface area contributed by atoms with Crippen LogP contribution >= 0.6 is 0 Å². The maximum absolute atomic E-state index is 5.95. The predicted molar refractivity (Wildman–Crippen MR) is 284 cm³/mol. The Labute approximate surface area is 398 Å². The summed E-state index contributed by atoms with van der Waals surface area (Å²) in [4.78, 5) is 31.3. The predicted octanol–water partition coefficient (Wildman–Crippen LogP) is 14.8. The lowest BCUT2D eigenvalue weighted by molar-refractivity contribution is 0.556. The van der Waals surface area contributed by atoms with Crippen LogP contribution in [0.15, 0.2) is 133 Å². The fourth-order valence-corrected chi connectivity index (χ4v) is 9.61. The van der Waals surface area contributed by atoms with Crippen molar-refractivity contribution in [3.63, 3.8) is 0 Å². The van der Waals surface area contributed by atoms with E-state index in [-0.39, 0.29) is 11.9 Å². The van der Waals surface area contributed by atoms with Crippen LogP contribution in [0.5, 0.6) is 0 Å². The molecule has 0 unspecified atom stereocenters. The molecule has 8 bridgehead atoms. The Kier molecular flexibility index (Phi) is 13.1. The third kappa shape index (κ3) is 9.65. The summed E-state index contributed by atoms with van der Waals surface area (Å²) in [7, 11) is 0. The normalized spacial score (nSPS) is 12.0. The van der Waals surface area contributed by atoms with Crippen molar-refractivity contribution in [2.24, 2.45) is 0 Å². The van der Waals surface area contributed by atoms with Gasteiger partial charge in [-0.2, -0.15) is 15.0 Å². The largest absolute Gasteiger partial charge is 0.368 e. The summed E-state index contributed by atoms with van der Waals surface area (Å²) in [6.45, 7) is 2.28. The van der Waals surface area contributed by atoms with E-state index < -0.39 is 0 Å². The van der Waals surface area contributed by atoms with E-state index in [0.29, 0.717) is 5.82 Å². The van der Waals surface area contributed by atoms with Crippen molar-refractivity contribution in [2.45, 2.75) is 77.6 Å². The molecule has 2 aliphatic rings. The van der Waals surface area contributed by atoms with E-state index in [1.165, 1.54) is 69.8 Å². The number of aryl methyl sites for hydroxylation is 1. The maximum atomic E-state index is 5.95. The van der Waals surface area contributed by atoms with Crippen LogP contribution in [-0.4, -0.2) is 34.9 Å². The maximum Gasteiger partial charge on any atom is 0.225 e. The molecule has 0 amide bonds. The molecule has 338 valence electrons. The highest BCUT2D eigenvalue weighted by molar-refractivity contribution is 6.00. The zero-order valence-corrected chi connectivity index (χ0v) is 38.7. The van der Waals surface area contributed by atoms with E-state index in [4.69, 9.17) is 21.4 Å². The number of nitrogens with zero attached hydrogens (tertiary/aromatic N) is 5. The molecule has 0 fully saturated rings. The minimum Gasteiger partial charge on any atom is -0.368 e. The minimum absolute atomic E-state index is 0.0743. The van der Waals surface area contributed by atoms with Crippen LogP contribution in [0.3, 0.4) is 0 Å². The second-order valence-corrected chi connectivity index (χ2v) is 17.8. The Morgan fingerprint density at radius 1 is 0.353 bits per heavy atom. The molecule has 0 spiro atoms. The Balaban J connectivity index is 1.12. The Morgan fingerprint density at radius 2 is 0.706 bits per heavy atom. The van der Waals surface area contributed by atoms with E-state index in [9.17, 15) is 0 Å². The van der Waals surface area contributed by atoms with Gasteiger partial charge >= 0.3 is 0 Å². The zero-order valence-electron chi connectivity index (χ0n) is 38.7. The molecule has 8 aromatic rings. The first-order valence-corrected chi connectivity index (χ1v) is 24.2. The highest BCUT2D eigenvalue weighted by Crippen LogP contribution is 2.39. The van der Waals surface area contributed by atoms with Gasteiger partial charge in [-0.3, -0.25) is 0 Å². The topological polar surface area (TPSA) is 148 Å². The molecule has 0 aliphatic carbocycles. The van der Waals surface area contributed by atoms with Gasteiger partial charge in [0.2, 0.25) is 11.9 Å². The quantitative estimate of drug-likeness (QED) is 0.0706. The van der Waals surface area contributed by atoms with E-state index in [2.05, 4.69) is 165 Å². The second kappa shape index (κ2) is 20.3. The zero-order chi connectivity index (χ0) is 46.2. The number of anilines is 2. The third-order valence-electron chi connectivity index (χ3n) is 13.0. The second-order valence-electron chi connectivity index (χ2n) is 17.8. The number of H-pyrrole nitrogens is 2. The SMILES string of the molecule is CCCCCCCCCCCCc1ccc(-c2c3nc(c(-c4ccccc4)c4ccc([nH]4)c(-c4ccc(-c5nc(N)nc(N)n5)cc4)c4nc(c(-c5ccccc5)c5ccc2[nH]5)C=C4)C=C3)cc1. The summed E-state index contributed by atoms with van der Waals surface area (Å²) in [6.07, 6.45) is 23.0. The molecule has 6 heterocycles. The van der Waals surface area contributed by atoms with Crippen LogP contribution < -0.4 is 11.5 Å². The number of nitrogens with two attached hydrogens (primary N) is 2. The number of unbranched alkanes of at least 4 members (excludes halogenated alkanes) is 9. The summed E-state index contributed by atoms with van der Waals surface area (Å²) >= 11 is 0. The van der Waals surface area contributed by atoms with Crippen molar-refractivity contribution in [2.75, 3.05) is 11.5 Å². The lowest BCUT2D eigenvalue weighted by atomic mass is 9.99. The molecular weight excluding hydrogens is 835 g/mol. The Morgan fingerprint density at radius 3 is 1.12 bits per heavy atom. The van der Waals surface area contributed by atoms with Crippen LogP contribution in [0.2, 0.25) is 0 Å². The van der Waals surface area contributed by atoms with Crippen molar-refractivity contribution in [3.05, 3.63) is 162 Å². The number of rotatable bonds is 16. The molecule has 68 heavy (non-hydrogen) atoms. The fraction of sp³-hybridized carbons (Fsp3) is 0.203. The lowest BCUT2D eigenvalue weighted by Gasteiger charge is -2.08. The van der Waals surface area contributed by atoms with Crippen LogP contribution in [0, 0.1) is 0 Å². The number of aromatic nitrogens is 7. The van der Waals surface area contributed by atoms with Gasteiger partial charge in [0.1, 0.15) is 0 Å². The van der Waals surface area contributed by atoms with E-state index >= 15 is 0 Å². The van der Waals surface area contributed by atoms with E-state index in [1.807, 2.05) is 24.3 Å².